The van der Waals surface area contributed by atoms with Crippen molar-refractivity contribution >= 4 is 30.1 Å². The van der Waals surface area contributed by atoms with Gasteiger partial charge < -0.3 is 25.6 Å². The van der Waals surface area contributed by atoms with Gasteiger partial charge in [-0.15, -0.1) is 12.4 Å². The van der Waals surface area contributed by atoms with Crippen LogP contribution in [0.5, 0.6) is 0 Å². The van der Waals surface area contributed by atoms with E-state index in [1.165, 1.54) is 0 Å². The second-order valence-corrected chi connectivity index (χ2v) is 7.08. The van der Waals surface area contributed by atoms with Crippen molar-refractivity contribution in [1.29, 1.82) is 0 Å². The molecule has 4 rings (SSSR count). The van der Waals surface area contributed by atoms with E-state index < -0.39 is 0 Å². The number of hydrogen-bond acceptors (Lipinski definition) is 6. The summed E-state index contributed by atoms with van der Waals surface area (Å²) in [6, 6.07) is 7.84. The molecule has 0 bridgehead atoms. The Balaban J connectivity index is 0.00000240. The van der Waals surface area contributed by atoms with Gasteiger partial charge in [-0.2, -0.15) is 0 Å². The molecule has 9 heteroatoms. The molecule has 0 spiro atoms. The number of anilines is 2. The van der Waals surface area contributed by atoms with Crippen LogP contribution in [-0.2, 0) is 17.8 Å². The molecule has 29 heavy (non-hydrogen) atoms. The van der Waals surface area contributed by atoms with E-state index in [9.17, 15) is 4.79 Å². The van der Waals surface area contributed by atoms with E-state index in [1.54, 1.807) is 0 Å². The highest BCUT2D eigenvalue weighted by Crippen LogP contribution is 2.30. The van der Waals surface area contributed by atoms with Gasteiger partial charge in [0.1, 0.15) is 0 Å². The van der Waals surface area contributed by atoms with Gasteiger partial charge in [0, 0.05) is 43.0 Å². The molecule has 2 aliphatic heterocycles. The minimum Gasteiger partial charge on any atom is -0.377 e. The number of aromatic nitrogens is 2. The van der Waals surface area contributed by atoms with E-state index in [1.807, 2.05) is 31.2 Å². The highest BCUT2D eigenvalue weighted by Gasteiger charge is 2.26. The van der Waals surface area contributed by atoms with Gasteiger partial charge >= 0.3 is 6.03 Å². The second kappa shape index (κ2) is 9.39. The molecule has 156 valence electrons. The Morgan fingerprint density at radius 3 is 2.79 bits per heavy atom. The first kappa shape index (κ1) is 21.3. The van der Waals surface area contributed by atoms with Crippen molar-refractivity contribution in [1.82, 2.24) is 20.6 Å². The molecule has 1 unspecified atom stereocenters. The van der Waals surface area contributed by atoms with Crippen molar-refractivity contribution in [3.8, 4) is 11.3 Å². The number of ether oxygens (including phenoxy) is 1. The third-order valence-corrected chi connectivity index (χ3v) is 5.05. The molecule has 1 aromatic carbocycles. The van der Waals surface area contributed by atoms with E-state index in [0.29, 0.717) is 19.8 Å². The van der Waals surface area contributed by atoms with E-state index in [4.69, 9.17) is 14.7 Å². The maximum atomic E-state index is 11.7. The zero-order valence-corrected chi connectivity index (χ0v) is 17.5. The fourth-order valence-corrected chi connectivity index (χ4v) is 3.59. The summed E-state index contributed by atoms with van der Waals surface area (Å²) in [6.07, 6.45) is 0. The minimum atomic E-state index is -0.203. The van der Waals surface area contributed by atoms with Crippen LogP contribution < -0.4 is 20.9 Å². The first-order valence-electron chi connectivity index (χ1n) is 9.76. The first-order valence-corrected chi connectivity index (χ1v) is 9.76. The maximum absolute atomic E-state index is 11.7. The van der Waals surface area contributed by atoms with Gasteiger partial charge in [0.05, 0.1) is 30.6 Å². The smallest absolute Gasteiger partial charge is 0.319 e. The Kier molecular flexibility index (Phi) is 6.89. The summed E-state index contributed by atoms with van der Waals surface area (Å²) in [5.74, 6) is 0.762. The number of amides is 2. The standard InChI is InChI=1S/C20H26N6O2.ClH/c1-3-22-20(27)23-15-6-4-14(5-7-15)18-16-10-21-11-17(16)24-19(25-18)26-8-9-28-12-13(26)2;/h4-7,13,21H,3,8-12H2,1-2H3,(H2,22,23,27);1H. The molecule has 0 aliphatic carbocycles. The largest absolute Gasteiger partial charge is 0.377 e. The number of carbonyl (C=O) groups excluding carboxylic acids is 1. The van der Waals surface area contributed by atoms with Crippen LogP contribution in [0.1, 0.15) is 25.1 Å². The number of halogens is 1. The lowest BCUT2D eigenvalue weighted by molar-refractivity contribution is 0.0981. The lowest BCUT2D eigenvalue weighted by Gasteiger charge is -2.33. The Labute approximate surface area is 176 Å². The average Bonchev–Trinajstić information content (AvgIpc) is 3.17. The quantitative estimate of drug-likeness (QED) is 0.706. The van der Waals surface area contributed by atoms with E-state index in [-0.39, 0.29) is 24.5 Å². The van der Waals surface area contributed by atoms with Crippen LogP contribution in [0.3, 0.4) is 0 Å². The van der Waals surface area contributed by atoms with Gasteiger partial charge in [0.2, 0.25) is 5.95 Å². The predicted molar refractivity (Wildman–Crippen MR) is 116 cm³/mol. The predicted octanol–water partition coefficient (Wildman–Crippen LogP) is 2.54. The molecule has 1 fully saturated rings. The summed E-state index contributed by atoms with van der Waals surface area (Å²) in [7, 11) is 0. The van der Waals surface area contributed by atoms with Gasteiger partial charge in [0.15, 0.2) is 0 Å². The van der Waals surface area contributed by atoms with Crippen molar-refractivity contribution in [2.45, 2.75) is 33.0 Å². The lowest BCUT2D eigenvalue weighted by Crippen LogP contribution is -2.44. The number of fused-ring (bicyclic) bond motifs is 1. The summed E-state index contributed by atoms with van der Waals surface area (Å²) < 4.78 is 5.55. The number of nitrogens with zero attached hydrogens (tertiary/aromatic N) is 3. The number of carbonyl (C=O) groups is 1. The topological polar surface area (TPSA) is 91.4 Å². The molecule has 2 aromatic rings. The van der Waals surface area contributed by atoms with Crippen LogP contribution in [0.15, 0.2) is 24.3 Å². The van der Waals surface area contributed by atoms with Crippen LogP contribution >= 0.6 is 12.4 Å². The van der Waals surface area contributed by atoms with Gasteiger partial charge in [-0.05, 0) is 26.0 Å². The van der Waals surface area contributed by atoms with Crippen molar-refractivity contribution in [2.75, 3.05) is 36.5 Å². The lowest BCUT2D eigenvalue weighted by atomic mass is 10.1. The molecule has 8 nitrogen and oxygen atoms in total. The number of rotatable bonds is 4. The molecule has 2 aliphatic rings. The Bertz CT molecular complexity index is 861. The molecule has 0 radical (unpaired) electrons. The van der Waals surface area contributed by atoms with Gasteiger partial charge in [0.25, 0.3) is 0 Å². The Morgan fingerprint density at radius 1 is 1.28 bits per heavy atom. The normalized spacial score (nSPS) is 18.0. The molecule has 1 atom stereocenters. The molecule has 1 saturated heterocycles. The third-order valence-electron chi connectivity index (χ3n) is 5.05. The van der Waals surface area contributed by atoms with E-state index in [0.717, 1.165) is 53.8 Å². The second-order valence-electron chi connectivity index (χ2n) is 7.08. The van der Waals surface area contributed by atoms with E-state index >= 15 is 0 Å². The SMILES string of the molecule is CCNC(=O)Nc1ccc(-c2nc(N3CCOCC3C)nc3c2CNC3)cc1.Cl. The van der Waals surface area contributed by atoms with E-state index in [2.05, 4.69) is 27.8 Å². The summed E-state index contributed by atoms with van der Waals surface area (Å²) in [5, 5.41) is 8.93. The maximum Gasteiger partial charge on any atom is 0.319 e. The Morgan fingerprint density at radius 2 is 2.07 bits per heavy atom. The molecular weight excluding hydrogens is 392 g/mol. The van der Waals surface area contributed by atoms with Crippen molar-refractivity contribution < 1.29 is 9.53 Å². The van der Waals surface area contributed by atoms with Crippen molar-refractivity contribution in [3.05, 3.63) is 35.5 Å². The summed E-state index contributed by atoms with van der Waals surface area (Å²) in [6.45, 7) is 8.31. The number of morpholine rings is 1. The van der Waals surface area contributed by atoms with Crippen LogP contribution in [0, 0.1) is 0 Å². The van der Waals surface area contributed by atoms with Crippen LogP contribution in [0.25, 0.3) is 11.3 Å². The van der Waals surface area contributed by atoms with Gasteiger partial charge in [-0.1, -0.05) is 12.1 Å². The fourth-order valence-electron chi connectivity index (χ4n) is 3.59. The van der Waals surface area contributed by atoms with Crippen molar-refractivity contribution in [2.24, 2.45) is 0 Å². The Hall–Kier alpha value is -2.42. The van der Waals surface area contributed by atoms with Gasteiger partial charge in [-0.3, -0.25) is 0 Å². The minimum absolute atomic E-state index is 0. The molecule has 1 aromatic heterocycles. The first-order chi connectivity index (χ1) is 13.7. The number of hydrogen-bond donors (Lipinski definition) is 3. The van der Waals surface area contributed by atoms with Crippen molar-refractivity contribution in [3.63, 3.8) is 0 Å². The summed E-state index contributed by atoms with van der Waals surface area (Å²) in [5.41, 5.74) is 4.93. The molecule has 3 N–H and O–H groups in total. The zero-order valence-electron chi connectivity index (χ0n) is 16.7. The molecule has 2 amide bonds. The molecule has 0 saturated carbocycles. The van der Waals surface area contributed by atoms with Crippen LogP contribution in [0.4, 0.5) is 16.4 Å². The number of benzene rings is 1. The van der Waals surface area contributed by atoms with Crippen LogP contribution in [0.2, 0.25) is 0 Å². The number of nitrogens with one attached hydrogen (secondary N) is 3. The monoisotopic (exact) mass is 418 g/mol. The van der Waals surface area contributed by atoms with Crippen LogP contribution in [-0.4, -0.2) is 48.3 Å². The zero-order chi connectivity index (χ0) is 19.5. The molecule has 3 heterocycles. The highest BCUT2D eigenvalue weighted by atomic mass is 35.5. The number of urea groups is 1. The third kappa shape index (κ3) is 4.60. The fraction of sp³-hybridized carbons (Fsp3) is 0.450. The highest BCUT2D eigenvalue weighted by molar-refractivity contribution is 5.89. The molecular formula is C20H27ClN6O2. The summed E-state index contributed by atoms with van der Waals surface area (Å²) >= 11 is 0. The van der Waals surface area contributed by atoms with Gasteiger partial charge in [-0.25, -0.2) is 14.8 Å². The summed E-state index contributed by atoms with van der Waals surface area (Å²) in [4.78, 5) is 23.7. The average molecular weight is 419 g/mol.